The van der Waals surface area contributed by atoms with Crippen molar-refractivity contribution in [3.05, 3.63) is 17.0 Å². The fraction of sp³-hybridized carbons (Fsp3) is 0.750. The van der Waals surface area contributed by atoms with Gasteiger partial charge >= 0.3 is 0 Å². The first-order valence-electron chi connectivity index (χ1n) is 8.08. The molecule has 1 aromatic rings. The van der Waals surface area contributed by atoms with Crippen LogP contribution in [0.1, 0.15) is 54.4 Å². The molecule has 2 atom stereocenters. The van der Waals surface area contributed by atoms with Crippen molar-refractivity contribution in [1.29, 1.82) is 0 Å². The molecule has 2 unspecified atom stereocenters. The predicted molar refractivity (Wildman–Crippen MR) is 82.4 cm³/mol. The third kappa shape index (κ3) is 2.48. The van der Waals surface area contributed by atoms with Crippen LogP contribution in [-0.4, -0.2) is 45.3 Å². The van der Waals surface area contributed by atoms with Gasteiger partial charge in [0.25, 0.3) is 5.91 Å². The molecule has 2 aliphatic rings. The van der Waals surface area contributed by atoms with E-state index in [4.69, 9.17) is 0 Å². The highest BCUT2D eigenvalue weighted by atomic mass is 16.2. The Morgan fingerprint density at radius 2 is 1.95 bits per heavy atom. The standard InChI is InChI=1S/C16H26N4O/c1-5-20(14-8-12-6-7-13(9-14)17-12)16(21)15-10(2)18-19(4)11(15)3/h12-14,17H,5-9H2,1-4H3. The van der Waals surface area contributed by atoms with Gasteiger partial charge in [-0.1, -0.05) is 0 Å². The third-order valence-corrected chi connectivity index (χ3v) is 5.21. The lowest BCUT2D eigenvalue weighted by atomic mass is 9.97. The SMILES string of the molecule is CCN(C(=O)c1c(C)nn(C)c1C)C1CC2CCC(C1)N2. The maximum atomic E-state index is 13.0. The van der Waals surface area contributed by atoms with E-state index in [0.29, 0.717) is 18.1 Å². The van der Waals surface area contributed by atoms with Gasteiger partial charge in [-0.2, -0.15) is 5.10 Å². The van der Waals surface area contributed by atoms with Gasteiger partial charge in [0.2, 0.25) is 0 Å². The number of aryl methyl sites for hydroxylation is 2. The quantitative estimate of drug-likeness (QED) is 0.923. The Kier molecular flexibility index (Phi) is 3.78. The molecule has 5 heteroatoms. The molecule has 2 bridgehead atoms. The van der Waals surface area contributed by atoms with Crippen LogP contribution in [0.25, 0.3) is 0 Å². The van der Waals surface area contributed by atoms with E-state index >= 15 is 0 Å². The molecule has 0 saturated carbocycles. The van der Waals surface area contributed by atoms with Crippen molar-refractivity contribution in [2.45, 2.75) is 64.6 Å². The zero-order chi connectivity index (χ0) is 15.1. The predicted octanol–water partition coefficient (Wildman–Crippen LogP) is 1.78. The van der Waals surface area contributed by atoms with Gasteiger partial charge < -0.3 is 10.2 Å². The summed E-state index contributed by atoms with van der Waals surface area (Å²) in [6.07, 6.45) is 4.71. The van der Waals surface area contributed by atoms with E-state index in [0.717, 1.165) is 36.3 Å². The van der Waals surface area contributed by atoms with Crippen molar-refractivity contribution in [1.82, 2.24) is 20.0 Å². The minimum atomic E-state index is 0.159. The van der Waals surface area contributed by atoms with E-state index in [1.807, 2.05) is 25.6 Å². The highest BCUT2D eigenvalue weighted by molar-refractivity contribution is 5.96. The fourth-order valence-corrected chi connectivity index (χ4v) is 4.08. The van der Waals surface area contributed by atoms with Crippen LogP contribution in [0.3, 0.4) is 0 Å². The molecule has 3 heterocycles. The number of hydrogen-bond acceptors (Lipinski definition) is 3. The first kappa shape index (κ1) is 14.6. The van der Waals surface area contributed by atoms with Crippen LogP contribution in [0, 0.1) is 13.8 Å². The van der Waals surface area contributed by atoms with Crippen molar-refractivity contribution in [3.8, 4) is 0 Å². The van der Waals surface area contributed by atoms with E-state index < -0.39 is 0 Å². The molecule has 0 radical (unpaired) electrons. The van der Waals surface area contributed by atoms with Gasteiger partial charge in [0.15, 0.2) is 0 Å². The Balaban J connectivity index is 1.84. The molecule has 0 aliphatic carbocycles. The van der Waals surface area contributed by atoms with Crippen LogP contribution >= 0.6 is 0 Å². The third-order valence-electron chi connectivity index (χ3n) is 5.21. The summed E-state index contributed by atoms with van der Waals surface area (Å²) in [4.78, 5) is 15.1. The summed E-state index contributed by atoms with van der Waals surface area (Å²) in [6, 6.07) is 1.58. The lowest BCUT2D eigenvalue weighted by Crippen LogP contribution is -2.50. The lowest BCUT2D eigenvalue weighted by molar-refractivity contribution is 0.0629. The number of hydrogen-bond donors (Lipinski definition) is 1. The van der Waals surface area contributed by atoms with Crippen LogP contribution < -0.4 is 5.32 Å². The number of piperidine rings is 1. The maximum Gasteiger partial charge on any atom is 0.257 e. The van der Waals surface area contributed by atoms with E-state index in [1.165, 1.54) is 12.8 Å². The number of fused-ring (bicyclic) bond motifs is 2. The summed E-state index contributed by atoms with van der Waals surface area (Å²) < 4.78 is 1.81. The van der Waals surface area contributed by atoms with Crippen molar-refractivity contribution in [2.24, 2.45) is 7.05 Å². The molecule has 3 rings (SSSR count). The second-order valence-electron chi connectivity index (χ2n) is 6.52. The Bertz CT molecular complexity index is 539. The van der Waals surface area contributed by atoms with E-state index in [2.05, 4.69) is 22.2 Å². The molecule has 2 saturated heterocycles. The number of amides is 1. The monoisotopic (exact) mass is 290 g/mol. The Morgan fingerprint density at radius 1 is 1.33 bits per heavy atom. The van der Waals surface area contributed by atoms with Gasteiger partial charge in [-0.25, -0.2) is 0 Å². The van der Waals surface area contributed by atoms with Gasteiger partial charge in [-0.05, 0) is 46.5 Å². The maximum absolute atomic E-state index is 13.0. The van der Waals surface area contributed by atoms with Crippen molar-refractivity contribution < 1.29 is 4.79 Å². The Morgan fingerprint density at radius 3 is 2.43 bits per heavy atom. The van der Waals surface area contributed by atoms with Crippen molar-refractivity contribution in [3.63, 3.8) is 0 Å². The summed E-state index contributed by atoms with van der Waals surface area (Å²) in [5, 5.41) is 8.04. The van der Waals surface area contributed by atoms with Gasteiger partial charge in [-0.3, -0.25) is 9.48 Å². The molecule has 1 aromatic heterocycles. The minimum Gasteiger partial charge on any atom is -0.336 e. The Hall–Kier alpha value is -1.36. The number of nitrogens with one attached hydrogen (secondary N) is 1. The van der Waals surface area contributed by atoms with Gasteiger partial charge in [0, 0.05) is 37.4 Å². The summed E-state index contributed by atoms with van der Waals surface area (Å²) in [5.41, 5.74) is 2.61. The van der Waals surface area contributed by atoms with E-state index in [1.54, 1.807) is 0 Å². The van der Waals surface area contributed by atoms with Crippen molar-refractivity contribution in [2.75, 3.05) is 6.54 Å². The average Bonchev–Trinajstić information content (AvgIpc) is 2.90. The number of rotatable bonds is 3. The highest BCUT2D eigenvalue weighted by Gasteiger charge is 2.38. The molecule has 2 fully saturated rings. The first-order valence-corrected chi connectivity index (χ1v) is 8.08. The van der Waals surface area contributed by atoms with Gasteiger partial charge in [0.1, 0.15) is 0 Å². The molecule has 116 valence electrons. The average molecular weight is 290 g/mol. The summed E-state index contributed by atoms with van der Waals surface area (Å²) in [7, 11) is 1.90. The zero-order valence-electron chi connectivity index (χ0n) is 13.5. The van der Waals surface area contributed by atoms with Crippen LogP contribution in [0.15, 0.2) is 0 Å². The van der Waals surface area contributed by atoms with Crippen LogP contribution in [0.4, 0.5) is 0 Å². The summed E-state index contributed by atoms with van der Waals surface area (Å²) in [5.74, 6) is 0.159. The molecular formula is C16H26N4O. The van der Waals surface area contributed by atoms with Crippen LogP contribution in [0.2, 0.25) is 0 Å². The summed E-state index contributed by atoms with van der Waals surface area (Å²) in [6.45, 7) is 6.77. The largest absolute Gasteiger partial charge is 0.336 e. The van der Waals surface area contributed by atoms with E-state index in [9.17, 15) is 4.79 Å². The molecule has 0 aromatic carbocycles. The molecule has 5 nitrogen and oxygen atoms in total. The number of aromatic nitrogens is 2. The van der Waals surface area contributed by atoms with Crippen LogP contribution in [0.5, 0.6) is 0 Å². The molecule has 21 heavy (non-hydrogen) atoms. The minimum absolute atomic E-state index is 0.159. The molecule has 1 N–H and O–H groups in total. The summed E-state index contributed by atoms with van der Waals surface area (Å²) >= 11 is 0. The molecule has 1 amide bonds. The lowest BCUT2D eigenvalue weighted by Gasteiger charge is -2.37. The first-order chi connectivity index (χ1) is 10.0. The topological polar surface area (TPSA) is 50.2 Å². The van der Waals surface area contributed by atoms with E-state index in [-0.39, 0.29) is 5.91 Å². The van der Waals surface area contributed by atoms with Gasteiger partial charge in [-0.15, -0.1) is 0 Å². The van der Waals surface area contributed by atoms with Crippen molar-refractivity contribution >= 4 is 5.91 Å². The van der Waals surface area contributed by atoms with Gasteiger partial charge in [0.05, 0.1) is 11.3 Å². The second kappa shape index (κ2) is 5.44. The second-order valence-corrected chi connectivity index (χ2v) is 6.52. The highest BCUT2D eigenvalue weighted by Crippen LogP contribution is 2.31. The molecule has 2 aliphatic heterocycles. The molecular weight excluding hydrogens is 264 g/mol. The number of carbonyl (C=O) groups excluding carboxylic acids is 1. The molecule has 0 spiro atoms. The number of nitrogens with zero attached hydrogens (tertiary/aromatic N) is 3. The van der Waals surface area contributed by atoms with Crippen LogP contribution in [-0.2, 0) is 7.05 Å². The zero-order valence-corrected chi connectivity index (χ0v) is 13.5. The Labute approximate surface area is 126 Å². The fourth-order valence-electron chi connectivity index (χ4n) is 4.08. The normalized spacial score (nSPS) is 27.9. The smallest absolute Gasteiger partial charge is 0.257 e. The number of carbonyl (C=O) groups is 1.